The lowest BCUT2D eigenvalue weighted by Gasteiger charge is -2.08. The number of hydrogen-bond donors (Lipinski definition) is 2. The van der Waals surface area contributed by atoms with Gasteiger partial charge in [0.1, 0.15) is 5.82 Å². The van der Waals surface area contributed by atoms with Crippen LogP contribution < -0.4 is 4.72 Å². The third-order valence-corrected chi connectivity index (χ3v) is 3.89. The first-order valence-electron chi connectivity index (χ1n) is 6.98. The molecule has 2 N–H and O–H groups in total. The Kier molecular flexibility index (Phi) is 3.87. The van der Waals surface area contributed by atoms with Crippen LogP contribution in [0.5, 0.6) is 0 Å². The Morgan fingerprint density at radius 2 is 1.91 bits per heavy atom. The van der Waals surface area contributed by atoms with E-state index in [1.807, 2.05) is 31.2 Å². The Labute approximate surface area is 134 Å². The number of anilines is 1. The number of H-pyrrole nitrogens is 1. The summed E-state index contributed by atoms with van der Waals surface area (Å²) < 4.78 is 25.6. The van der Waals surface area contributed by atoms with Crippen LogP contribution in [0.1, 0.15) is 5.69 Å². The van der Waals surface area contributed by atoms with Crippen LogP contribution >= 0.6 is 0 Å². The molecule has 0 bridgehead atoms. The molecule has 0 unspecified atom stereocenters. The standard InChI is InChI=1S/C16H16N4O2S/c1-11-15(12-6-5-9-17-10-12)19-16(18-11)13-7-3-4-8-14(13)20-23(2,21)22/h3-10,20H,1-2H3,(H,18,19). The summed E-state index contributed by atoms with van der Waals surface area (Å²) >= 11 is 0. The van der Waals surface area contributed by atoms with Crippen molar-refractivity contribution in [2.24, 2.45) is 0 Å². The fourth-order valence-corrected chi connectivity index (χ4v) is 2.93. The Balaban J connectivity index is 2.08. The van der Waals surface area contributed by atoms with E-state index in [1.54, 1.807) is 24.5 Å². The molecule has 0 amide bonds. The lowest BCUT2D eigenvalue weighted by molar-refractivity contribution is 0.607. The molecular formula is C16H16N4O2S. The van der Waals surface area contributed by atoms with Crippen molar-refractivity contribution in [3.8, 4) is 22.6 Å². The van der Waals surface area contributed by atoms with Gasteiger partial charge in [-0.1, -0.05) is 12.1 Å². The highest BCUT2D eigenvalue weighted by Gasteiger charge is 2.14. The van der Waals surface area contributed by atoms with Crippen LogP contribution in [0.3, 0.4) is 0 Å². The molecule has 0 saturated heterocycles. The molecule has 2 aromatic heterocycles. The molecule has 0 radical (unpaired) electrons. The van der Waals surface area contributed by atoms with Crippen LogP contribution in [0.2, 0.25) is 0 Å². The third-order valence-electron chi connectivity index (χ3n) is 3.30. The molecule has 0 aliphatic carbocycles. The predicted molar refractivity (Wildman–Crippen MR) is 90.5 cm³/mol. The van der Waals surface area contributed by atoms with Gasteiger partial charge >= 0.3 is 0 Å². The van der Waals surface area contributed by atoms with Gasteiger partial charge in [-0.3, -0.25) is 9.71 Å². The van der Waals surface area contributed by atoms with E-state index in [4.69, 9.17) is 0 Å². The average Bonchev–Trinajstić information content (AvgIpc) is 2.89. The van der Waals surface area contributed by atoms with Crippen LogP contribution in [0.15, 0.2) is 48.8 Å². The smallest absolute Gasteiger partial charge is 0.229 e. The van der Waals surface area contributed by atoms with Crippen molar-refractivity contribution in [1.29, 1.82) is 0 Å². The van der Waals surface area contributed by atoms with E-state index in [1.165, 1.54) is 0 Å². The Morgan fingerprint density at radius 3 is 2.61 bits per heavy atom. The molecule has 0 saturated carbocycles. The fourth-order valence-electron chi connectivity index (χ4n) is 2.35. The molecular weight excluding hydrogens is 312 g/mol. The van der Waals surface area contributed by atoms with Crippen molar-refractivity contribution in [3.63, 3.8) is 0 Å². The molecule has 0 atom stereocenters. The van der Waals surface area contributed by atoms with Crippen molar-refractivity contribution < 1.29 is 8.42 Å². The van der Waals surface area contributed by atoms with Crippen LogP contribution in [0.4, 0.5) is 5.69 Å². The zero-order valence-corrected chi connectivity index (χ0v) is 13.6. The van der Waals surface area contributed by atoms with Gasteiger partial charge in [-0.15, -0.1) is 0 Å². The second kappa shape index (κ2) is 5.85. The van der Waals surface area contributed by atoms with E-state index in [2.05, 4.69) is 19.7 Å². The van der Waals surface area contributed by atoms with E-state index < -0.39 is 10.0 Å². The summed E-state index contributed by atoms with van der Waals surface area (Å²) in [5.74, 6) is 0.605. The van der Waals surface area contributed by atoms with Crippen molar-refractivity contribution in [1.82, 2.24) is 15.0 Å². The van der Waals surface area contributed by atoms with E-state index in [0.717, 1.165) is 23.2 Å². The van der Waals surface area contributed by atoms with Gasteiger partial charge in [-0.25, -0.2) is 13.4 Å². The van der Waals surface area contributed by atoms with Crippen LogP contribution in [0.25, 0.3) is 22.6 Å². The molecule has 3 aromatic rings. The minimum atomic E-state index is -3.36. The molecule has 0 spiro atoms. The molecule has 1 aromatic carbocycles. The summed E-state index contributed by atoms with van der Waals surface area (Å²) in [6.07, 6.45) is 4.57. The van der Waals surface area contributed by atoms with Crippen molar-refractivity contribution in [2.45, 2.75) is 6.92 Å². The molecule has 0 fully saturated rings. The van der Waals surface area contributed by atoms with Crippen LogP contribution in [-0.2, 0) is 10.0 Å². The van der Waals surface area contributed by atoms with E-state index in [9.17, 15) is 8.42 Å². The lowest BCUT2D eigenvalue weighted by atomic mass is 10.2. The molecule has 7 heteroatoms. The average molecular weight is 328 g/mol. The normalized spacial score (nSPS) is 11.4. The van der Waals surface area contributed by atoms with Gasteiger partial charge in [0.25, 0.3) is 0 Å². The van der Waals surface area contributed by atoms with E-state index in [0.29, 0.717) is 17.1 Å². The second-order valence-corrected chi connectivity index (χ2v) is 6.97. The highest BCUT2D eigenvalue weighted by atomic mass is 32.2. The van der Waals surface area contributed by atoms with Gasteiger partial charge in [0.2, 0.25) is 10.0 Å². The number of sulfonamides is 1. The topological polar surface area (TPSA) is 87.7 Å². The second-order valence-electron chi connectivity index (χ2n) is 5.22. The van der Waals surface area contributed by atoms with Crippen LogP contribution in [0, 0.1) is 6.92 Å². The van der Waals surface area contributed by atoms with Gasteiger partial charge in [0.15, 0.2) is 0 Å². The number of nitrogens with zero attached hydrogens (tertiary/aromatic N) is 2. The van der Waals surface area contributed by atoms with Gasteiger partial charge in [-0.05, 0) is 31.2 Å². The molecule has 2 heterocycles. The van der Waals surface area contributed by atoms with Crippen molar-refractivity contribution in [2.75, 3.05) is 11.0 Å². The summed E-state index contributed by atoms with van der Waals surface area (Å²) in [4.78, 5) is 11.9. The number of nitrogens with one attached hydrogen (secondary N) is 2. The zero-order valence-electron chi connectivity index (χ0n) is 12.7. The summed E-state index contributed by atoms with van der Waals surface area (Å²) in [5.41, 5.74) is 3.77. The maximum atomic E-state index is 11.5. The molecule has 6 nitrogen and oxygen atoms in total. The Bertz CT molecular complexity index is 934. The fraction of sp³-hybridized carbons (Fsp3) is 0.125. The number of imidazole rings is 1. The maximum absolute atomic E-state index is 11.5. The van der Waals surface area contributed by atoms with Crippen molar-refractivity contribution in [3.05, 3.63) is 54.5 Å². The van der Waals surface area contributed by atoms with E-state index in [-0.39, 0.29) is 0 Å². The highest BCUT2D eigenvalue weighted by Crippen LogP contribution is 2.30. The first-order valence-corrected chi connectivity index (χ1v) is 8.87. The van der Waals surface area contributed by atoms with E-state index >= 15 is 0 Å². The third kappa shape index (κ3) is 3.40. The number of hydrogen-bond acceptors (Lipinski definition) is 4. The number of aromatic amines is 1. The summed E-state index contributed by atoms with van der Waals surface area (Å²) in [5, 5.41) is 0. The number of para-hydroxylation sites is 1. The molecule has 118 valence electrons. The van der Waals surface area contributed by atoms with Gasteiger partial charge < -0.3 is 4.98 Å². The Hall–Kier alpha value is -2.67. The Morgan fingerprint density at radius 1 is 1.13 bits per heavy atom. The SMILES string of the molecule is Cc1[nH]c(-c2ccccc2NS(C)(=O)=O)nc1-c1cccnc1. The molecule has 0 aliphatic rings. The predicted octanol–water partition coefficient (Wildman–Crippen LogP) is 2.82. The first kappa shape index (κ1) is 15.2. The lowest BCUT2D eigenvalue weighted by Crippen LogP contribution is -2.10. The monoisotopic (exact) mass is 328 g/mol. The van der Waals surface area contributed by atoms with Crippen LogP contribution in [-0.4, -0.2) is 29.6 Å². The number of benzene rings is 1. The summed E-state index contributed by atoms with van der Waals surface area (Å²) in [7, 11) is -3.36. The van der Waals surface area contributed by atoms with Crippen molar-refractivity contribution >= 4 is 15.7 Å². The molecule has 0 aliphatic heterocycles. The summed E-state index contributed by atoms with van der Waals surface area (Å²) in [6, 6.07) is 10.9. The van der Waals surface area contributed by atoms with Gasteiger partial charge in [0.05, 0.1) is 17.6 Å². The maximum Gasteiger partial charge on any atom is 0.229 e. The number of pyridine rings is 1. The molecule has 23 heavy (non-hydrogen) atoms. The molecule has 3 rings (SSSR count). The summed E-state index contributed by atoms with van der Waals surface area (Å²) in [6.45, 7) is 1.92. The van der Waals surface area contributed by atoms with Gasteiger partial charge in [-0.2, -0.15) is 0 Å². The minimum Gasteiger partial charge on any atom is -0.341 e. The van der Waals surface area contributed by atoms with Gasteiger partial charge in [0, 0.05) is 29.2 Å². The number of aryl methyl sites for hydroxylation is 1. The largest absolute Gasteiger partial charge is 0.341 e. The number of rotatable bonds is 4. The minimum absolute atomic E-state index is 0.487. The highest BCUT2D eigenvalue weighted by molar-refractivity contribution is 7.92. The quantitative estimate of drug-likeness (QED) is 0.771. The number of aromatic nitrogens is 3. The zero-order chi connectivity index (χ0) is 16.4. The first-order chi connectivity index (χ1) is 10.9.